The van der Waals surface area contributed by atoms with E-state index in [0.29, 0.717) is 11.3 Å². The number of anilines is 1. The van der Waals surface area contributed by atoms with Crippen molar-refractivity contribution >= 4 is 28.9 Å². The van der Waals surface area contributed by atoms with E-state index in [9.17, 15) is 13.6 Å². The molecule has 0 saturated heterocycles. The maximum atomic E-state index is 12.6. The van der Waals surface area contributed by atoms with Gasteiger partial charge in [0.15, 0.2) is 5.11 Å². The normalized spacial score (nSPS) is 10.2. The van der Waals surface area contributed by atoms with Crippen LogP contribution in [-0.4, -0.2) is 11.0 Å². The first-order valence-electron chi connectivity index (χ1n) is 6.12. The van der Waals surface area contributed by atoms with Gasteiger partial charge < -0.3 is 5.32 Å². The van der Waals surface area contributed by atoms with Crippen LogP contribution in [0.4, 0.5) is 14.5 Å². The van der Waals surface area contributed by atoms with Crippen molar-refractivity contribution in [3.8, 4) is 0 Å². The van der Waals surface area contributed by atoms with E-state index in [2.05, 4.69) is 10.6 Å². The summed E-state index contributed by atoms with van der Waals surface area (Å²) in [6.07, 6.45) is -2.56. The number of nitrogens with one attached hydrogen (secondary N) is 2. The molecule has 3 nitrogen and oxygen atoms in total. The molecule has 0 bridgehead atoms. The lowest BCUT2D eigenvalue weighted by molar-refractivity contribution is 0.0977. The molecule has 1 amide bonds. The predicted molar refractivity (Wildman–Crippen MR) is 81.5 cm³/mol. The fraction of sp³-hybridized carbons (Fsp3) is 0.0667. The quantitative estimate of drug-likeness (QED) is 0.849. The lowest BCUT2D eigenvalue weighted by atomic mass is 10.2. The molecule has 0 unspecified atom stereocenters. The highest BCUT2D eigenvalue weighted by Gasteiger charge is 2.09. The highest BCUT2D eigenvalue weighted by molar-refractivity contribution is 7.80. The van der Waals surface area contributed by atoms with Crippen molar-refractivity contribution in [2.24, 2.45) is 0 Å². The minimum Gasteiger partial charge on any atom is -0.332 e. The highest BCUT2D eigenvalue weighted by atomic mass is 32.1. The number of benzene rings is 2. The molecule has 0 aliphatic heterocycles. The number of alkyl halides is 2. The van der Waals surface area contributed by atoms with Gasteiger partial charge in [-0.1, -0.05) is 30.3 Å². The Morgan fingerprint density at radius 2 is 1.76 bits per heavy atom. The summed E-state index contributed by atoms with van der Waals surface area (Å²) >= 11 is 4.99. The third-order valence-electron chi connectivity index (χ3n) is 2.66. The van der Waals surface area contributed by atoms with E-state index in [1.807, 2.05) is 0 Å². The van der Waals surface area contributed by atoms with E-state index in [-0.39, 0.29) is 16.6 Å². The van der Waals surface area contributed by atoms with Crippen molar-refractivity contribution in [1.29, 1.82) is 0 Å². The molecule has 21 heavy (non-hydrogen) atoms. The molecule has 2 rings (SSSR count). The van der Waals surface area contributed by atoms with Crippen LogP contribution in [-0.2, 0) is 0 Å². The Balaban J connectivity index is 1.99. The predicted octanol–water partition coefficient (Wildman–Crippen LogP) is 3.75. The molecule has 108 valence electrons. The molecular formula is C15H12F2N2OS. The van der Waals surface area contributed by atoms with E-state index in [1.165, 1.54) is 18.2 Å². The van der Waals surface area contributed by atoms with Crippen LogP contribution >= 0.6 is 12.2 Å². The smallest absolute Gasteiger partial charge is 0.263 e. The summed E-state index contributed by atoms with van der Waals surface area (Å²) in [6, 6.07) is 14.2. The van der Waals surface area contributed by atoms with Crippen molar-refractivity contribution in [3.63, 3.8) is 0 Å². The van der Waals surface area contributed by atoms with Gasteiger partial charge in [0.05, 0.1) is 0 Å². The summed E-state index contributed by atoms with van der Waals surface area (Å²) in [6.45, 7) is 0. The average molecular weight is 306 g/mol. The number of amides is 1. The van der Waals surface area contributed by atoms with Crippen molar-refractivity contribution in [1.82, 2.24) is 5.32 Å². The molecule has 0 spiro atoms. The molecule has 0 fully saturated rings. The zero-order valence-electron chi connectivity index (χ0n) is 10.8. The lowest BCUT2D eigenvalue weighted by Crippen LogP contribution is -2.34. The van der Waals surface area contributed by atoms with Crippen molar-refractivity contribution in [2.75, 3.05) is 5.32 Å². The Kier molecular flexibility index (Phi) is 4.94. The molecule has 2 aromatic carbocycles. The van der Waals surface area contributed by atoms with Gasteiger partial charge in [-0.3, -0.25) is 10.1 Å². The number of halogens is 2. The van der Waals surface area contributed by atoms with E-state index < -0.39 is 6.43 Å². The number of rotatable bonds is 3. The number of hydrogen-bond acceptors (Lipinski definition) is 2. The topological polar surface area (TPSA) is 41.1 Å². The van der Waals surface area contributed by atoms with Gasteiger partial charge in [-0.2, -0.15) is 0 Å². The van der Waals surface area contributed by atoms with Gasteiger partial charge in [-0.05, 0) is 36.5 Å². The second kappa shape index (κ2) is 6.90. The largest absolute Gasteiger partial charge is 0.332 e. The zero-order valence-corrected chi connectivity index (χ0v) is 11.7. The Morgan fingerprint density at radius 3 is 2.43 bits per heavy atom. The number of thiocarbonyl (C=S) groups is 1. The summed E-state index contributed by atoms with van der Waals surface area (Å²) in [4.78, 5) is 11.9. The maximum Gasteiger partial charge on any atom is 0.263 e. The summed E-state index contributed by atoms with van der Waals surface area (Å²) in [5, 5.41) is 5.24. The van der Waals surface area contributed by atoms with Gasteiger partial charge in [0.1, 0.15) is 0 Å². The molecule has 0 heterocycles. The van der Waals surface area contributed by atoms with Gasteiger partial charge >= 0.3 is 0 Å². The summed E-state index contributed by atoms with van der Waals surface area (Å²) in [7, 11) is 0. The van der Waals surface area contributed by atoms with Gasteiger partial charge in [0.2, 0.25) is 0 Å². The van der Waals surface area contributed by atoms with Crippen LogP contribution in [0, 0.1) is 0 Å². The van der Waals surface area contributed by atoms with E-state index >= 15 is 0 Å². The fourth-order valence-electron chi connectivity index (χ4n) is 1.68. The number of hydrogen-bond donors (Lipinski definition) is 2. The highest BCUT2D eigenvalue weighted by Crippen LogP contribution is 2.21. The Labute approximate surface area is 126 Å². The minimum absolute atomic E-state index is 0.0512. The van der Waals surface area contributed by atoms with Crippen LogP contribution in [0.1, 0.15) is 22.3 Å². The number of carbonyl (C=O) groups is 1. The standard InChI is InChI=1S/C15H12F2N2OS/c16-13(17)11-7-4-8-12(9-11)18-15(21)19-14(20)10-5-2-1-3-6-10/h1-9,13H,(H2,18,19,20,21). The summed E-state index contributed by atoms with van der Waals surface area (Å²) < 4.78 is 25.2. The maximum absolute atomic E-state index is 12.6. The van der Waals surface area contributed by atoms with Crippen molar-refractivity contribution in [2.45, 2.75) is 6.43 Å². The van der Waals surface area contributed by atoms with E-state index in [1.54, 1.807) is 36.4 Å². The Morgan fingerprint density at radius 1 is 1.05 bits per heavy atom. The zero-order chi connectivity index (χ0) is 15.2. The SMILES string of the molecule is O=C(NC(=S)Nc1cccc(C(F)F)c1)c1ccccc1. The fourth-order valence-corrected chi connectivity index (χ4v) is 1.89. The van der Waals surface area contributed by atoms with E-state index in [4.69, 9.17) is 12.2 Å². The molecule has 0 aromatic heterocycles. The molecule has 6 heteroatoms. The molecule has 2 aromatic rings. The third-order valence-corrected chi connectivity index (χ3v) is 2.86. The third kappa shape index (κ3) is 4.32. The van der Waals surface area contributed by atoms with Crippen LogP contribution in [0.5, 0.6) is 0 Å². The Hall–Kier alpha value is -2.34. The molecule has 0 aliphatic carbocycles. The molecular weight excluding hydrogens is 294 g/mol. The van der Waals surface area contributed by atoms with Gasteiger partial charge in [-0.15, -0.1) is 0 Å². The lowest BCUT2D eigenvalue weighted by Gasteiger charge is -2.10. The van der Waals surface area contributed by atoms with Crippen LogP contribution in [0.3, 0.4) is 0 Å². The Bertz CT molecular complexity index is 647. The van der Waals surface area contributed by atoms with Crippen LogP contribution in [0.2, 0.25) is 0 Å². The molecule has 0 aliphatic rings. The van der Waals surface area contributed by atoms with E-state index in [0.717, 1.165) is 0 Å². The second-order valence-electron chi connectivity index (χ2n) is 4.20. The first kappa shape index (κ1) is 15.1. The molecule has 2 N–H and O–H groups in total. The molecule has 0 radical (unpaired) electrons. The second-order valence-corrected chi connectivity index (χ2v) is 4.61. The van der Waals surface area contributed by atoms with Gasteiger partial charge in [0.25, 0.3) is 12.3 Å². The van der Waals surface area contributed by atoms with Crippen molar-refractivity contribution in [3.05, 3.63) is 65.7 Å². The summed E-state index contributed by atoms with van der Waals surface area (Å²) in [5.74, 6) is -0.363. The first-order valence-corrected chi connectivity index (χ1v) is 6.52. The van der Waals surface area contributed by atoms with Crippen LogP contribution < -0.4 is 10.6 Å². The van der Waals surface area contributed by atoms with Crippen molar-refractivity contribution < 1.29 is 13.6 Å². The molecule has 0 atom stereocenters. The van der Waals surface area contributed by atoms with Crippen LogP contribution in [0.25, 0.3) is 0 Å². The number of carbonyl (C=O) groups excluding carboxylic acids is 1. The molecule has 0 saturated carbocycles. The monoisotopic (exact) mass is 306 g/mol. The first-order chi connectivity index (χ1) is 10.1. The minimum atomic E-state index is -2.56. The summed E-state index contributed by atoms with van der Waals surface area (Å²) in [5.41, 5.74) is 0.742. The van der Waals surface area contributed by atoms with Gasteiger partial charge in [-0.25, -0.2) is 8.78 Å². The van der Waals surface area contributed by atoms with Crippen LogP contribution in [0.15, 0.2) is 54.6 Å². The average Bonchev–Trinajstić information content (AvgIpc) is 2.48. The van der Waals surface area contributed by atoms with Gasteiger partial charge in [0, 0.05) is 16.8 Å².